The lowest BCUT2D eigenvalue weighted by atomic mass is 10.1. The van der Waals surface area contributed by atoms with Crippen LogP contribution in [0, 0.1) is 0 Å². The van der Waals surface area contributed by atoms with E-state index in [0.717, 1.165) is 0 Å². The van der Waals surface area contributed by atoms with E-state index in [9.17, 15) is 0 Å². The average molecular weight is 152 g/mol. The van der Waals surface area contributed by atoms with Gasteiger partial charge >= 0.3 is 0 Å². The Labute approximate surface area is 64.4 Å². The number of rotatable bonds is 3. The minimum atomic E-state index is 1.25. The van der Waals surface area contributed by atoms with E-state index in [1.54, 1.807) is 0 Å². The van der Waals surface area contributed by atoms with Crippen molar-refractivity contribution < 1.29 is 0 Å². The fourth-order valence-corrected chi connectivity index (χ4v) is 1.58. The van der Waals surface area contributed by atoms with Crippen molar-refractivity contribution in [1.82, 2.24) is 0 Å². The topological polar surface area (TPSA) is 0 Å². The standard InChI is InChI=1S/C9H13P/c1-2-3-4-9-5-7-10-8-6-9/h5-8H,2-4H2,1H3. The first-order chi connectivity index (χ1) is 4.93. The molecular formula is C9H13P. The fraction of sp³-hybridized carbons (Fsp3) is 0.444. The summed E-state index contributed by atoms with van der Waals surface area (Å²) in [7, 11) is 1.33. The Bertz CT molecular complexity index is 169. The van der Waals surface area contributed by atoms with Crippen LogP contribution >= 0.6 is 8.19 Å². The lowest BCUT2D eigenvalue weighted by Crippen LogP contribution is -1.80. The maximum atomic E-state index is 2.23. The fourth-order valence-electron chi connectivity index (χ4n) is 0.930. The molecule has 0 saturated heterocycles. The number of aryl methyl sites for hydroxylation is 1. The number of unbranched alkanes of at least 4 members (excludes halogenated alkanes) is 1. The highest BCUT2D eigenvalue weighted by Gasteiger charge is 1.87. The summed E-state index contributed by atoms with van der Waals surface area (Å²) in [5.74, 6) is 4.40. The molecule has 0 fully saturated rings. The van der Waals surface area contributed by atoms with Crippen molar-refractivity contribution in [3.8, 4) is 0 Å². The Balaban J connectivity index is 2.43. The third-order valence-electron chi connectivity index (χ3n) is 1.57. The normalized spacial score (nSPS) is 9.70. The first-order valence-corrected chi connectivity index (χ1v) is 4.85. The van der Waals surface area contributed by atoms with Crippen LogP contribution in [0.4, 0.5) is 0 Å². The van der Waals surface area contributed by atoms with Crippen molar-refractivity contribution in [2.24, 2.45) is 0 Å². The Morgan fingerprint density at radius 3 is 2.60 bits per heavy atom. The molecule has 54 valence electrons. The third-order valence-corrected chi connectivity index (χ3v) is 2.21. The minimum Gasteiger partial charge on any atom is -0.0765 e. The minimum absolute atomic E-state index is 1.25. The summed E-state index contributed by atoms with van der Waals surface area (Å²) in [5, 5.41) is 0. The molecule has 0 radical (unpaired) electrons. The highest BCUT2D eigenvalue weighted by Crippen LogP contribution is 2.09. The van der Waals surface area contributed by atoms with Gasteiger partial charge in [-0.15, -0.1) is 0 Å². The van der Waals surface area contributed by atoms with Gasteiger partial charge in [0.15, 0.2) is 0 Å². The third kappa shape index (κ3) is 2.49. The van der Waals surface area contributed by atoms with Gasteiger partial charge in [-0.05, 0) is 30.0 Å². The smallest absolute Gasteiger partial charge is 0.0279 e. The predicted octanol–water partition coefficient (Wildman–Crippen LogP) is 3.61. The lowest BCUT2D eigenvalue weighted by molar-refractivity contribution is 0.796. The van der Waals surface area contributed by atoms with Gasteiger partial charge < -0.3 is 0 Å². The quantitative estimate of drug-likeness (QED) is 0.620. The van der Waals surface area contributed by atoms with Gasteiger partial charge in [-0.2, -0.15) is 0 Å². The zero-order valence-electron chi connectivity index (χ0n) is 6.38. The Hall–Kier alpha value is -0.350. The number of hydrogen-bond donors (Lipinski definition) is 0. The largest absolute Gasteiger partial charge is 0.0765 e. The van der Waals surface area contributed by atoms with Crippen LogP contribution in [0.25, 0.3) is 0 Å². The van der Waals surface area contributed by atoms with E-state index in [1.807, 2.05) is 0 Å². The summed E-state index contributed by atoms with van der Waals surface area (Å²) >= 11 is 0. The van der Waals surface area contributed by atoms with Crippen molar-refractivity contribution in [3.63, 3.8) is 0 Å². The molecule has 1 heterocycles. The molecule has 1 heteroatoms. The van der Waals surface area contributed by atoms with E-state index >= 15 is 0 Å². The van der Waals surface area contributed by atoms with E-state index in [4.69, 9.17) is 0 Å². The van der Waals surface area contributed by atoms with Crippen LogP contribution in [0.5, 0.6) is 0 Å². The molecule has 0 nitrogen and oxygen atoms in total. The van der Waals surface area contributed by atoms with Crippen LogP contribution in [-0.2, 0) is 6.42 Å². The molecule has 0 bridgehead atoms. The predicted molar refractivity (Wildman–Crippen MR) is 47.6 cm³/mol. The molecule has 0 aromatic carbocycles. The maximum Gasteiger partial charge on any atom is -0.0279 e. The summed E-state index contributed by atoms with van der Waals surface area (Å²) in [4.78, 5) is 0. The molecule has 10 heavy (non-hydrogen) atoms. The maximum absolute atomic E-state index is 2.23. The molecule has 0 aliphatic heterocycles. The Morgan fingerprint density at radius 2 is 2.00 bits per heavy atom. The zero-order chi connectivity index (χ0) is 7.23. The van der Waals surface area contributed by atoms with Crippen molar-refractivity contribution in [2.75, 3.05) is 0 Å². The molecule has 0 unspecified atom stereocenters. The van der Waals surface area contributed by atoms with Crippen LogP contribution in [0.2, 0.25) is 0 Å². The van der Waals surface area contributed by atoms with Gasteiger partial charge in [-0.1, -0.05) is 33.7 Å². The molecule has 1 rings (SSSR count). The summed E-state index contributed by atoms with van der Waals surface area (Å²) in [6, 6.07) is 4.47. The molecule has 1 aromatic rings. The second kappa shape index (κ2) is 4.46. The molecule has 0 N–H and O–H groups in total. The SMILES string of the molecule is CCCCc1ccpcc1. The van der Waals surface area contributed by atoms with Crippen LogP contribution in [0.1, 0.15) is 25.3 Å². The van der Waals surface area contributed by atoms with E-state index in [1.165, 1.54) is 33.0 Å². The van der Waals surface area contributed by atoms with Crippen LogP contribution in [0.15, 0.2) is 23.7 Å². The van der Waals surface area contributed by atoms with Gasteiger partial charge in [0.2, 0.25) is 0 Å². The highest BCUT2D eigenvalue weighted by atomic mass is 31.0. The lowest BCUT2D eigenvalue weighted by Gasteiger charge is -1.96. The summed E-state index contributed by atoms with van der Waals surface area (Å²) in [6.45, 7) is 2.23. The summed E-state index contributed by atoms with van der Waals surface area (Å²) < 4.78 is 0. The molecule has 0 aliphatic carbocycles. The summed E-state index contributed by atoms with van der Waals surface area (Å²) in [6.07, 6.45) is 3.86. The molecule has 0 amide bonds. The monoisotopic (exact) mass is 152 g/mol. The van der Waals surface area contributed by atoms with Crippen LogP contribution < -0.4 is 0 Å². The van der Waals surface area contributed by atoms with Gasteiger partial charge in [0, 0.05) is 0 Å². The molecular weight excluding hydrogens is 139 g/mol. The van der Waals surface area contributed by atoms with Crippen LogP contribution in [0.3, 0.4) is 0 Å². The van der Waals surface area contributed by atoms with Crippen molar-refractivity contribution in [3.05, 3.63) is 29.3 Å². The van der Waals surface area contributed by atoms with Crippen molar-refractivity contribution in [1.29, 1.82) is 0 Å². The molecule has 0 spiro atoms. The Kier molecular flexibility index (Phi) is 3.46. The van der Waals surface area contributed by atoms with E-state index in [0.29, 0.717) is 0 Å². The average Bonchev–Trinajstić information content (AvgIpc) is 2.03. The second-order valence-electron chi connectivity index (χ2n) is 2.46. The van der Waals surface area contributed by atoms with Gasteiger partial charge in [0.25, 0.3) is 0 Å². The molecule has 0 saturated carbocycles. The van der Waals surface area contributed by atoms with Gasteiger partial charge in [-0.25, -0.2) is 0 Å². The van der Waals surface area contributed by atoms with Crippen molar-refractivity contribution >= 4 is 8.19 Å². The van der Waals surface area contributed by atoms with Crippen molar-refractivity contribution in [2.45, 2.75) is 26.2 Å². The van der Waals surface area contributed by atoms with Gasteiger partial charge in [0.1, 0.15) is 0 Å². The summed E-state index contributed by atoms with van der Waals surface area (Å²) in [5.41, 5.74) is 1.49. The van der Waals surface area contributed by atoms with Gasteiger partial charge in [-0.3, -0.25) is 0 Å². The second-order valence-corrected chi connectivity index (χ2v) is 3.35. The van der Waals surface area contributed by atoms with Crippen LogP contribution in [-0.4, -0.2) is 0 Å². The first kappa shape index (κ1) is 7.75. The number of hydrogen-bond acceptors (Lipinski definition) is 0. The van der Waals surface area contributed by atoms with E-state index < -0.39 is 0 Å². The van der Waals surface area contributed by atoms with E-state index in [2.05, 4.69) is 30.7 Å². The Morgan fingerprint density at radius 1 is 1.30 bits per heavy atom. The zero-order valence-corrected chi connectivity index (χ0v) is 7.27. The molecule has 0 aliphatic rings. The molecule has 1 aromatic heterocycles. The highest BCUT2D eigenvalue weighted by molar-refractivity contribution is 7.28. The molecule has 0 atom stereocenters. The van der Waals surface area contributed by atoms with Gasteiger partial charge in [0.05, 0.1) is 0 Å². The van der Waals surface area contributed by atoms with E-state index in [-0.39, 0.29) is 0 Å². The first-order valence-electron chi connectivity index (χ1n) is 3.82.